The van der Waals surface area contributed by atoms with Gasteiger partial charge in [-0.2, -0.15) is 0 Å². The molecule has 0 aliphatic heterocycles. The van der Waals surface area contributed by atoms with Gasteiger partial charge in [0, 0.05) is 12.4 Å². The Hall–Kier alpha value is -3.54. The number of fused-ring (bicyclic) bond motifs is 1. The Morgan fingerprint density at radius 3 is 2.59 bits per heavy atom. The summed E-state index contributed by atoms with van der Waals surface area (Å²) in [7, 11) is 0. The van der Waals surface area contributed by atoms with Gasteiger partial charge in [0.05, 0.1) is 11.9 Å². The van der Waals surface area contributed by atoms with Gasteiger partial charge in [0.25, 0.3) is 5.56 Å². The number of nitrogens with zero attached hydrogens (tertiary/aromatic N) is 4. The molecule has 29 heavy (non-hydrogen) atoms. The van der Waals surface area contributed by atoms with Crippen molar-refractivity contribution in [3.05, 3.63) is 88.5 Å². The van der Waals surface area contributed by atoms with Gasteiger partial charge in [-0.3, -0.25) is 9.78 Å². The second-order valence-electron chi connectivity index (χ2n) is 6.94. The van der Waals surface area contributed by atoms with Gasteiger partial charge in [-0.1, -0.05) is 36.8 Å². The molecule has 0 saturated carbocycles. The van der Waals surface area contributed by atoms with Crippen molar-refractivity contribution in [3.63, 3.8) is 0 Å². The molecule has 0 radical (unpaired) electrons. The summed E-state index contributed by atoms with van der Waals surface area (Å²) < 4.78 is 7.29. The number of ether oxygens (including phenoxy) is 1. The fraction of sp³-hybridized carbons (Fsp3) is 0.217. The van der Waals surface area contributed by atoms with Crippen LogP contribution in [0.1, 0.15) is 30.9 Å². The lowest BCUT2D eigenvalue weighted by Crippen LogP contribution is -2.24. The second kappa shape index (κ2) is 8.65. The molecule has 2 aromatic carbocycles. The van der Waals surface area contributed by atoms with Crippen molar-refractivity contribution in [1.82, 2.24) is 20.0 Å². The molecule has 0 spiro atoms. The number of rotatable bonds is 7. The summed E-state index contributed by atoms with van der Waals surface area (Å²) in [6.07, 6.45) is 6.83. The lowest BCUT2D eigenvalue weighted by molar-refractivity contribution is 0.483. The predicted octanol–water partition coefficient (Wildman–Crippen LogP) is 4.37. The maximum Gasteiger partial charge on any atom is 0.278 e. The van der Waals surface area contributed by atoms with E-state index in [1.54, 1.807) is 30.6 Å². The molecule has 0 unspecified atom stereocenters. The maximum atomic E-state index is 12.9. The third-order valence-corrected chi connectivity index (χ3v) is 4.73. The largest absolute Gasteiger partial charge is 0.457 e. The highest BCUT2D eigenvalue weighted by Crippen LogP contribution is 2.24. The molecule has 6 heteroatoms. The van der Waals surface area contributed by atoms with Gasteiger partial charge in [0.2, 0.25) is 0 Å². The Bertz CT molecular complexity index is 1160. The van der Waals surface area contributed by atoms with Crippen molar-refractivity contribution in [2.75, 3.05) is 0 Å². The Morgan fingerprint density at radius 2 is 1.83 bits per heavy atom. The van der Waals surface area contributed by atoms with Crippen LogP contribution in [0, 0.1) is 0 Å². The molecule has 2 aromatic heterocycles. The third-order valence-electron chi connectivity index (χ3n) is 4.73. The quantitative estimate of drug-likeness (QED) is 0.472. The number of aromatic nitrogens is 4. The summed E-state index contributed by atoms with van der Waals surface area (Å²) in [6.45, 7) is 2.51. The highest BCUT2D eigenvalue weighted by atomic mass is 16.5. The molecular weight excluding hydrogens is 364 g/mol. The van der Waals surface area contributed by atoms with E-state index in [0.29, 0.717) is 23.2 Å². The molecule has 2 heterocycles. The molecule has 0 bridgehead atoms. The van der Waals surface area contributed by atoms with Gasteiger partial charge in [0.15, 0.2) is 0 Å². The van der Waals surface area contributed by atoms with Crippen LogP contribution < -0.4 is 10.3 Å². The van der Waals surface area contributed by atoms with Crippen LogP contribution in [-0.2, 0) is 13.0 Å². The van der Waals surface area contributed by atoms with Crippen LogP contribution in [-0.4, -0.2) is 20.0 Å². The molecule has 0 aliphatic carbocycles. The minimum absolute atomic E-state index is 0.209. The molecule has 0 atom stereocenters. The van der Waals surface area contributed by atoms with Crippen molar-refractivity contribution in [3.8, 4) is 11.5 Å². The van der Waals surface area contributed by atoms with Gasteiger partial charge in [-0.25, -0.2) is 4.68 Å². The van der Waals surface area contributed by atoms with E-state index in [0.717, 1.165) is 17.7 Å². The van der Waals surface area contributed by atoms with Gasteiger partial charge in [-0.05, 0) is 60.4 Å². The Labute approximate surface area is 168 Å². The van der Waals surface area contributed by atoms with Gasteiger partial charge in [0.1, 0.15) is 17.0 Å². The van der Waals surface area contributed by atoms with Crippen LogP contribution in [0.4, 0.5) is 0 Å². The summed E-state index contributed by atoms with van der Waals surface area (Å²) in [5.74, 6) is 1.33. The first-order valence-electron chi connectivity index (χ1n) is 9.76. The summed E-state index contributed by atoms with van der Waals surface area (Å²) >= 11 is 0. The summed E-state index contributed by atoms with van der Waals surface area (Å²) in [4.78, 5) is 16.9. The average molecular weight is 386 g/mol. The number of benzene rings is 2. The smallest absolute Gasteiger partial charge is 0.278 e. The summed E-state index contributed by atoms with van der Waals surface area (Å²) in [5.41, 5.74) is 2.52. The van der Waals surface area contributed by atoms with Crippen LogP contribution in [0.25, 0.3) is 10.9 Å². The molecule has 0 fully saturated rings. The molecule has 0 saturated heterocycles. The predicted molar refractivity (Wildman–Crippen MR) is 112 cm³/mol. The van der Waals surface area contributed by atoms with Crippen LogP contribution in [0.15, 0.2) is 71.8 Å². The van der Waals surface area contributed by atoms with E-state index in [1.165, 1.54) is 23.1 Å². The highest BCUT2D eigenvalue weighted by molar-refractivity contribution is 5.78. The third kappa shape index (κ3) is 4.48. The van der Waals surface area contributed by atoms with E-state index < -0.39 is 0 Å². The average Bonchev–Trinajstić information content (AvgIpc) is 2.76. The van der Waals surface area contributed by atoms with Crippen LogP contribution in [0.2, 0.25) is 0 Å². The van der Waals surface area contributed by atoms with Crippen LogP contribution in [0.3, 0.4) is 0 Å². The monoisotopic (exact) mass is 386 g/mol. The van der Waals surface area contributed by atoms with E-state index in [2.05, 4.69) is 34.4 Å². The lowest BCUT2D eigenvalue weighted by Gasteiger charge is -2.09. The van der Waals surface area contributed by atoms with Gasteiger partial charge in [-0.15, -0.1) is 5.10 Å². The maximum absolute atomic E-state index is 12.9. The normalized spacial score (nSPS) is 10.9. The van der Waals surface area contributed by atoms with E-state index in [9.17, 15) is 4.79 Å². The van der Waals surface area contributed by atoms with Crippen molar-refractivity contribution < 1.29 is 4.74 Å². The standard InChI is InChI=1S/C23H22N4O2/c1-2-3-5-17-7-9-19(10-8-17)29-20-11-12-22-21(14-20)23(28)27(26-25-22)16-18-6-4-13-24-15-18/h4,6-15H,2-3,5,16H2,1H3. The van der Waals surface area contributed by atoms with Crippen molar-refractivity contribution in [1.29, 1.82) is 0 Å². The zero-order valence-electron chi connectivity index (χ0n) is 16.3. The SMILES string of the molecule is CCCCc1ccc(Oc2ccc3nnn(Cc4cccnc4)c(=O)c3c2)cc1. The lowest BCUT2D eigenvalue weighted by atomic mass is 10.1. The number of pyridine rings is 1. The first-order chi connectivity index (χ1) is 14.2. The Balaban J connectivity index is 1.58. The Kier molecular flexibility index (Phi) is 5.61. The Morgan fingerprint density at radius 1 is 1.00 bits per heavy atom. The van der Waals surface area contributed by atoms with Crippen molar-refractivity contribution in [2.45, 2.75) is 32.7 Å². The molecule has 0 N–H and O–H groups in total. The van der Waals surface area contributed by atoms with Crippen molar-refractivity contribution >= 4 is 10.9 Å². The van der Waals surface area contributed by atoms with Gasteiger partial charge < -0.3 is 4.74 Å². The fourth-order valence-corrected chi connectivity index (χ4v) is 3.13. The number of aryl methyl sites for hydroxylation is 1. The molecular formula is C23H22N4O2. The minimum Gasteiger partial charge on any atom is -0.457 e. The second-order valence-corrected chi connectivity index (χ2v) is 6.94. The molecule has 4 aromatic rings. The molecule has 4 rings (SSSR count). The molecule has 146 valence electrons. The number of hydrogen-bond donors (Lipinski definition) is 0. The zero-order valence-corrected chi connectivity index (χ0v) is 16.3. The minimum atomic E-state index is -0.209. The summed E-state index contributed by atoms with van der Waals surface area (Å²) in [6, 6.07) is 17.1. The van der Waals surface area contributed by atoms with E-state index in [-0.39, 0.29) is 5.56 Å². The fourth-order valence-electron chi connectivity index (χ4n) is 3.13. The van der Waals surface area contributed by atoms with Crippen LogP contribution in [0.5, 0.6) is 11.5 Å². The zero-order chi connectivity index (χ0) is 20.1. The van der Waals surface area contributed by atoms with E-state index in [1.807, 2.05) is 24.3 Å². The van der Waals surface area contributed by atoms with Crippen LogP contribution >= 0.6 is 0 Å². The van der Waals surface area contributed by atoms with E-state index >= 15 is 0 Å². The topological polar surface area (TPSA) is 69.9 Å². The number of hydrogen-bond acceptors (Lipinski definition) is 5. The molecule has 0 amide bonds. The first-order valence-corrected chi connectivity index (χ1v) is 9.76. The molecule has 6 nitrogen and oxygen atoms in total. The molecule has 0 aliphatic rings. The van der Waals surface area contributed by atoms with Crippen molar-refractivity contribution in [2.24, 2.45) is 0 Å². The van der Waals surface area contributed by atoms with E-state index in [4.69, 9.17) is 4.74 Å². The number of unbranched alkanes of at least 4 members (excludes halogenated alkanes) is 1. The van der Waals surface area contributed by atoms with Gasteiger partial charge >= 0.3 is 0 Å². The first kappa shape index (κ1) is 18.8. The summed E-state index contributed by atoms with van der Waals surface area (Å²) in [5, 5.41) is 8.67. The highest BCUT2D eigenvalue weighted by Gasteiger charge is 2.09.